The monoisotopic (exact) mass is 242 g/mol. The van der Waals surface area contributed by atoms with Gasteiger partial charge in [0.15, 0.2) is 17.9 Å². The van der Waals surface area contributed by atoms with E-state index < -0.39 is 17.4 Å². The van der Waals surface area contributed by atoms with Crippen LogP contribution in [0.3, 0.4) is 0 Å². The largest absolute Gasteiger partial charge is 0.495 e. The number of carbonyl (C=O) groups is 1. The van der Waals surface area contributed by atoms with Crippen LogP contribution >= 0.6 is 0 Å². The van der Waals surface area contributed by atoms with E-state index >= 15 is 0 Å². The number of methoxy groups -OCH3 is 2. The summed E-state index contributed by atoms with van der Waals surface area (Å²) in [4.78, 5) is 11.0. The molecule has 0 N–H and O–H groups in total. The quantitative estimate of drug-likeness (QED) is 0.761. The van der Waals surface area contributed by atoms with Gasteiger partial charge < -0.3 is 9.47 Å². The molecule has 0 heterocycles. The minimum Gasteiger partial charge on any atom is -0.495 e. The average Bonchev–Trinajstić information content (AvgIpc) is 3.15. The molecule has 1 aliphatic carbocycles. The first-order valence-corrected chi connectivity index (χ1v) is 5.23. The number of hydrogen-bond donors (Lipinski definition) is 0. The van der Waals surface area contributed by atoms with E-state index in [9.17, 15) is 13.6 Å². The summed E-state index contributed by atoms with van der Waals surface area (Å²) in [6.45, 7) is 0. The Kier molecular flexibility index (Phi) is 3.00. The number of rotatable bonds is 4. The first-order valence-electron chi connectivity index (χ1n) is 5.23. The molecule has 1 aromatic carbocycles. The molecule has 0 aliphatic heterocycles. The molecule has 0 aromatic heterocycles. The van der Waals surface area contributed by atoms with Crippen molar-refractivity contribution in [2.45, 2.75) is 18.8 Å². The van der Waals surface area contributed by atoms with E-state index in [2.05, 4.69) is 0 Å². The summed E-state index contributed by atoms with van der Waals surface area (Å²) in [5, 5.41) is 0. The van der Waals surface area contributed by atoms with Crippen LogP contribution < -0.4 is 9.47 Å². The Bertz CT molecular complexity index is 468. The summed E-state index contributed by atoms with van der Waals surface area (Å²) < 4.78 is 37.3. The normalized spacial score (nSPS) is 14.6. The van der Waals surface area contributed by atoms with Crippen LogP contribution in [0.2, 0.25) is 0 Å². The van der Waals surface area contributed by atoms with Gasteiger partial charge in [-0.15, -0.1) is 0 Å². The van der Waals surface area contributed by atoms with Gasteiger partial charge in [0.25, 0.3) is 0 Å². The summed E-state index contributed by atoms with van der Waals surface area (Å²) in [5.41, 5.74) is 0.0729. The zero-order valence-corrected chi connectivity index (χ0v) is 9.55. The van der Waals surface area contributed by atoms with Gasteiger partial charge in [-0.25, -0.2) is 4.39 Å². The molecule has 92 valence electrons. The highest BCUT2D eigenvalue weighted by molar-refractivity contribution is 5.85. The third kappa shape index (κ3) is 1.75. The van der Waals surface area contributed by atoms with E-state index in [0.717, 1.165) is 12.8 Å². The molecule has 5 heteroatoms. The Labute approximate surface area is 97.3 Å². The lowest BCUT2D eigenvalue weighted by molar-refractivity contribution is 0.111. The van der Waals surface area contributed by atoms with Crippen molar-refractivity contribution >= 4 is 6.29 Å². The van der Waals surface area contributed by atoms with Crippen molar-refractivity contribution < 1.29 is 23.0 Å². The first-order chi connectivity index (χ1) is 8.15. The molecule has 0 radical (unpaired) electrons. The van der Waals surface area contributed by atoms with E-state index in [0.29, 0.717) is 6.29 Å². The van der Waals surface area contributed by atoms with Gasteiger partial charge >= 0.3 is 0 Å². The second kappa shape index (κ2) is 4.31. The Hall–Kier alpha value is -1.65. The van der Waals surface area contributed by atoms with Crippen LogP contribution in [0.25, 0.3) is 0 Å². The van der Waals surface area contributed by atoms with Crippen LogP contribution in [0.5, 0.6) is 11.5 Å². The molecule has 2 rings (SSSR count). The average molecular weight is 242 g/mol. The standard InChI is InChI=1S/C12H12F2O3/c1-16-11-7(5-15)12(17-2)10(14)9(13)8(11)6-3-4-6/h5-6H,3-4H2,1-2H3. The zero-order chi connectivity index (χ0) is 12.6. The fourth-order valence-corrected chi connectivity index (χ4v) is 1.95. The highest BCUT2D eigenvalue weighted by Gasteiger charge is 2.35. The molecule has 3 nitrogen and oxygen atoms in total. The van der Waals surface area contributed by atoms with Crippen molar-refractivity contribution in [3.8, 4) is 11.5 Å². The van der Waals surface area contributed by atoms with Crippen molar-refractivity contribution in [1.29, 1.82) is 0 Å². The molecular formula is C12H12F2O3. The van der Waals surface area contributed by atoms with Gasteiger partial charge in [0, 0.05) is 5.56 Å². The van der Waals surface area contributed by atoms with Crippen molar-refractivity contribution in [1.82, 2.24) is 0 Å². The van der Waals surface area contributed by atoms with Crippen molar-refractivity contribution in [3.05, 3.63) is 22.8 Å². The van der Waals surface area contributed by atoms with Crippen molar-refractivity contribution in [2.75, 3.05) is 14.2 Å². The topological polar surface area (TPSA) is 35.5 Å². The fraction of sp³-hybridized carbons (Fsp3) is 0.417. The van der Waals surface area contributed by atoms with Crippen LogP contribution in [-0.2, 0) is 0 Å². The molecule has 1 aliphatic rings. The highest BCUT2D eigenvalue weighted by atomic mass is 19.2. The summed E-state index contributed by atoms with van der Waals surface area (Å²) >= 11 is 0. The predicted molar refractivity (Wildman–Crippen MR) is 56.8 cm³/mol. The molecular weight excluding hydrogens is 230 g/mol. The minimum atomic E-state index is -1.13. The number of halogens is 2. The highest BCUT2D eigenvalue weighted by Crippen LogP contribution is 2.49. The molecule has 0 amide bonds. The van der Waals surface area contributed by atoms with Gasteiger partial charge in [-0.3, -0.25) is 4.79 Å². The minimum absolute atomic E-state index is 0.0657. The van der Waals surface area contributed by atoms with E-state index in [4.69, 9.17) is 9.47 Å². The summed E-state index contributed by atoms with van der Waals surface area (Å²) in [6.07, 6.45) is 1.97. The number of ether oxygens (including phenoxy) is 2. The number of carbonyl (C=O) groups excluding carboxylic acids is 1. The van der Waals surface area contributed by atoms with Gasteiger partial charge in [-0.1, -0.05) is 0 Å². The maximum absolute atomic E-state index is 13.9. The van der Waals surface area contributed by atoms with Crippen LogP contribution in [0.15, 0.2) is 0 Å². The molecule has 0 spiro atoms. The van der Waals surface area contributed by atoms with Gasteiger partial charge in [0.2, 0.25) is 5.82 Å². The summed E-state index contributed by atoms with van der Waals surface area (Å²) in [6, 6.07) is 0. The van der Waals surface area contributed by atoms with E-state index in [1.165, 1.54) is 14.2 Å². The van der Waals surface area contributed by atoms with E-state index in [-0.39, 0.29) is 22.8 Å². The number of benzene rings is 1. The molecule has 0 saturated heterocycles. The Morgan fingerprint density at radius 1 is 1.12 bits per heavy atom. The van der Waals surface area contributed by atoms with Crippen LogP contribution in [0, 0.1) is 11.6 Å². The third-order valence-electron chi connectivity index (χ3n) is 2.87. The molecule has 0 unspecified atom stereocenters. The molecule has 17 heavy (non-hydrogen) atoms. The van der Waals surface area contributed by atoms with Gasteiger partial charge in [0.05, 0.1) is 14.2 Å². The second-order valence-corrected chi connectivity index (χ2v) is 3.91. The Morgan fingerprint density at radius 2 is 1.71 bits per heavy atom. The summed E-state index contributed by atoms with van der Waals surface area (Å²) in [7, 11) is 2.51. The number of aldehydes is 1. The second-order valence-electron chi connectivity index (χ2n) is 3.91. The molecule has 1 saturated carbocycles. The third-order valence-corrected chi connectivity index (χ3v) is 2.87. The van der Waals surface area contributed by atoms with Crippen LogP contribution in [-0.4, -0.2) is 20.5 Å². The first kappa shape index (κ1) is 11.8. The molecule has 0 atom stereocenters. The lowest BCUT2D eigenvalue weighted by Crippen LogP contribution is -2.06. The zero-order valence-electron chi connectivity index (χ0n) is 9.55. The van der Waals surface area contributed by atoms with Gasteiger partial charge in [-0.05, 0) is 18.8 Å². The SMILES string of the molecule is COc1c(F)c(F)c(C2CC2)c(OC)c1C=O. The van der Waals surface area contributed by atoms with E-state index in [1.807, 2.05) is 0 Å². The lowest BCUT2D eigenvalue weighted by Gasteiger charge is -2.15. The maximum Gasteiger partial charge on any atom is 0.201 e. The van der Waals surface area contributed by atoms with Gasteiger partial charge in [0.1, 0.15) is 11.3 Å². The van der Waals surface area contributed by atoms with Crippen molar-refractivity contribution in [2.24, 2.45) is 0 Å². The van der Waals surface area contributed by atoms with Crippen LogP contribution in [0.4, 0.5) is 8.78 Å². The van der Waals surface area contributed by atoms with Crippen LogP contribution in [0.1, 0.15) is 34.7 Å². The molecule has 0 bridgehead atoms. The maximum atomic E-state index is 13.9. The van der Waals surface area contributed by atoms with Gasteiger partial charge in [-0.2, -0.15) is 4.39 Å². The van der Waals surface area contributed by atoms with E-state index in [1.54, 1.807) is 0 Å². The van der Waals surface area contributed by atoms with Crippen molar-refractivity contribution in [3.63, 3.8) is 0 Å². The molecule has 1 fully saturated rings. The lowest BCUT2D eigenvalue weighted by atomic mass is 10.0. The Balaban J connectivity index is 2.75. The smallest absolute Gasteiger partial charge is 0.201 e. The predicted octanol–water partition coefficient (Wildman–Crippen LogP) is 2.67. The Morgan fingerprint density at radius 3 is 2.12 bits per heavy atom. The molecule has 1 aromatic rings. The fourth-order valence-electron chi connectivity index (χ4n) is 1.95. The number of hydrogen-bond acceptors (Lipinski definition) is 3. The summed E-state index contributed by atoms with van der Waals surface area (Å²) in [5.74, 6) is -2.50.